The molecule has 1 saturated heterocycles. The number of benzene rings is 1. The molecular weight excluding hydrogens is 399 g/mol. The van der Waals surface area contributed by atoms with Crippen molar-refractivity contribution in [2.24, 2.45) is 5.92 Å². The van der Waals surface area contributed by atoms with Crippen LogP contribution in [-0.2, 0) is 6.54 Å². The highest BCUT2D eigenvalue weighted by molar-refractivity contribution is 5.40. The van der Waals surface area contributed by atoms with Crippen LogP contribution in [0.1, 0.15) is 30.9 Å². The van der Waals surface area contributed by atoms with Gasteiger partial charge in [0.05, 0.1) is 14.2 Å². The van der Waals surface area contributed by atoms with Gasteiger partial charge >= 0.3 is 6.18 Å². The molecule has 3 heterocycles. The van der Waals surface area contributed by atoms with E-state index < -0.39 is 12.2 Å². The Labute approximate surface area is 173 Å². The summed E-state index contributed by atoms with van der Waals surface area (Å²) in [5.41, 5.74) is 1.03. The van der Waals surface area contributed by atoms with Crippen LogP contribution in [0.2, 0.25) is 0 Å². The number of nitrogens with one attached hydrogen (secondary N) is 1. The molecule has 4 rings (SSSR count). The van der Waals surface area contributed by atoms with E-state index in [2.05, 4.69) is 20.3 Å². The van der Waals surface area contributed by atoms with Crippen LogP contribution in [0.5, 0.6) is 11.5 Å². The standard InChI is InChI=1S/C20H26F3N5O2/c1-29-15-6-5-14(17(8-15)30-2)11-27-7-3-4-13(10-27)16-9-18(20(21,22)23)28-19(26-16)24-12-25-28/h5-6,8,12-13,16,18H,3-4,7,9-11H2,1-2H3,(H,24,25,26)/t13?,16-,18+/m0/s1. The Hall–Kier alpha value is -2.49. The minimum absolute atomic E-state index is 0.0375. The van der Waals surface area contributed by atoms with Gasteiger partial charge in [0, 0.05) is 30.8 Å². The smallest absolute Gasteiger partial charge is 0.411 e. The molecule has 2 aliphatic rings. The van der Waals surface area contributed by atoms with Gasteiger partial charge in [0.25, 0.3) is 0 Å². The van der Waals surface area contributed by atoms with Gasteiger partial charge < -0.3 is 14.8 Å². The van der Waals surface area contributed by atoms with Crippen molar-refractivity contribution in [3.05, 3.63) is 30.1 Å². The van der Waals surface area contributed by atoms with Crippen LogP contribution in [0.4, 0.5) is 19.1 Å². The van der Waals surface area contributed by atoms with E-state index >= 15 is 0 Å². The highest BCUT2D eigenvalue weighted by Crippen LogP contribution is 2.41. The van der Waals surface area contributed by atoms with Gasteiger partial charge in [-0.1, -0.05) is 6.07 Å². The lowest BCUT2D eigenvalue weighted by molar-refractivity contribution is -0.174. The fourth-order valence-electron chi connectivity index (χ4n) is 4.52. The first kappa shape index (κ1) is 20.8. The third-order valence-corrected chi connectivity index (χ3v) is 6.04. The maximum atomic E-state index is 13.6. The number of fused-ring (bicyclic) bond motifs is 1. The van der Waals surface area contributed by atoms with E-state index in [1.165, 1.54) is 6.33 Å². The largest absolute Gasteiger partial charge is 0.497 e. The molecule has 3 atom stereocenters. The molecule has 0 bridgehead atoms. The molecule has 2 aliphatic heterocycles. The summed E-state index contributed by atoms with van der Waals surface area (Å²) in [5.74, 6) is 1.76. The van der Waals surface area contributed by atoms with E-state index in [1.807, 2.05) is 18.2 Å². The molecule has 1 N–H and O–H groups in total. The number of alkyl halides is 3. The Kier molecular flexibility index (Phi) is 5.77. The van der Waals surface area contributed by atoms with Crippen molar-refractivity contribution in [2.75, 3.05) is 32.6 Å². The van der Waals surface area contributed by atoms with Crippen molar-refractivity contribution in [2.45, 2.75) is 44.1 Å². The number of ether oxygens (including phenoxy) is 2. The summed E-state index contributed by atoms with van der Waals surface area (Å²) in [5, 5.41) is 6.97. The molecule has 0 aliphatic carbocycles. The SMILES string of the molecule is COc1ccc(CN2CCCC([C@@H]3C[C@H](C(F)(F)F)n4ncnc4N3)C2)c(OC)c1. The molecule has 1 fully saturated rings. The van der Waals surface area contributed by atoms with Crippen molar-refractivity contribution < 1.29 is 22.6 Å². The lowest BCUT2D eigenvalue weighted by Crippen LogP contribution is -2.47. The van der Waals surface area contributed by atoms with Crippen molar-refractivity contribution >= 4 is 5.95 Å². The fraction of sp³-hybridized carbons (Fsp3) is 0.600. The number of rotatable bonds is 5. The Bertz CT molecular complexity index is 872. The number of anilines is 1. The number of methoxy groups -OCH3 is 2. The van der Waals surface area contributed by atoms with E-state index in [4.69, 9.17) is 9.47 Å². The van der Waals surface area contributed by atoms with Gasteiger partial charge in [-0.3, -0.25) is 4.90 Å². The first-order chi connectivity index (χ1) is 14.4. The summed E-state index contributed by atoms with van der Waals surface area (Å²) in [6, 6.07) is 3.78. The summed E-state index contributed by atoms with van der Waals surface area (Å²) in [4.78, 5) is 6.27. The second kappa shape index (κ2) is 8.33. The van der Waals surface area contributed by atoms with E-state index in [1.54, 1.807) is 14.2 Å². The summed E-state index contributed by atoms with van der Waals surface area (Å²) in [6.07, 6.45) is -1.40. The highest BCUT2D eigenvalue weighted by atomic mass is 19.4. The Morgan fingerprint density at radius 3 is 2.80 bits per heavy atom. The number of nitrogens with zero attached hydrogens (tertiary/aromatic N) is 4. The molecule has 30 heavy (non-hydrogen) atoms. The normalized spacial score (nSPS) is 24.8. The summed E-state index contributed by atoms with van der Waals surface area (Å²) in [6.45, 7) is 2.29. The van der Waals surface area contributed by atoms with E-state index in [9.17, 15) is 13.2 Å². The maximum Gasteiger partial charge on any atom is 0.411 e. The average molecular weight is 425 g/mol. The Morgan fingerprint density at radius 1 is 1.23 bits per heavy atom. The quantitative estimate of drug-likeness (QED) is 0.791. The van der Waals surface area contributed by atoms with Gasteiger partial charge in [0.15, 0.2) is 6.04 Å². The Balaban J connectivity index is 1.47. The van der Waals surface area contributed by atoms with Crippen molar-refractivity contribution in [1.29, 1.82) is 0 Å². The van der Waals surface area contributed by atoms with Gasteiger partial charge in [-0.05, 0) is 37.8 Å². The average Bonchev–Trinajstić information content (AvgIpc) is 3.21. The van der Waals surface area contributed by atoms with E-state index in [0.29, 0.717) is 13.1 Å². The monoisotopic (exact) mass is 425 g/mol. The molecule has 0 amide bonds. The summed E-state index contributed by atoms with van der Waals surface area (Å²) < 4.78 is 52.5. The zero-order chi connectivity index (χ0) is 21.3. The molecular formula is C20H26F3N5O2. The van der Waals surface area contributed by atoms with Crippen molar-refractivity contribution in [1.82, 2.24) is 19.7 Å². The first-order valence-corrected chi connectivity index (χ1v) is 10.0. The van der Waals surface area contributed by atoms with Crippen LogP contribution in [0.15, 0.2) is 24.5 Å². The van der Waals surface area contributed by atoms with Gasteiger partial charge in [0.2, 0.25) is 5.95 Å². The number of piperidine rings is 1. The third kappa shape index (κ3) is 4.19. The lowest BCUT2D eigenvalue weighted by atomic mass is 9.86. The molecule has 164 valence electrons. The number of hydrogen-bond acceptors (Lipinski definition) is 6. The maximum absolute atomic E-state index is 13.6. The first-order valence-electron chi connectivity index (χ1n) is 10.0. The van der Waals surface area contributed by atoms with Gasteiger partial charge in [0.1, 0.15) is 17.8 Å². The third-order valence-electron chi connectivity index (χ3n) is 6.04. The van der Waals surface area contributed by atoms with Crippen molar-refractivity contribution in [3.63, 3.8) is 0 Å². The van der Waals surface area contributed by atoms with Gasteiger partial charge in [-0.15, -0.1) is 0 Å². The van der Waals surface area contributed by atoms with E-state index in [0.717, 1.165) is 41.1 Å². The zero-order valence-corrected chi connectivity index (χ0v) is 17.0. The topological polar surface area (TPSA) is 64.4 Å². The number of halogens is 3. The number of likely N-dealkylation sites (tertiary alicyclic amines) is 1. The molecule has 1 aromatic carbocycles. The lowest BCUT2D eigenvalue weighted by Gasteiger charge is -2.41. The van der Waals surface area contributed by atoms with Gasteiger partial charge in [-0.2, -0.15) is 23.3 Å². The van der Waals surface area contributed by atoms with Crippen molar-refractivity contribution in [3.8, 4) is 11.5 Å². The number of aromatic nitrogens is 3. The molecule has 10 heteroatoms. The van der Waals surface area contributed by atoms with Crippen LogP contribution in [-0.4, -0.2) is 59.2 Å². The predicted molar refractivity (Wildman–Crippen MR) is 105 cm³/mol. The van der Waals surface area contributed by atoms with Gasteiger partial charge in [-0.25, -0.2) is 4.68 Å². The molecule has 0 saturated carbocycles. The van der Waals surface area contributed by atoms with Crippen LogP contribution >= 0.6 is 0 Å². The molecule has 1 unspecified atom stereocenters. The van der Waals surface area contributed by atoms with Crippen LogP contribution in [0.25, 0.3) is 0 Å². The second-order valence-electron chi connectivity index (χ2n) is 7.89. The van der Waals surface area contributed by atoms with E-state index in [-0.39, 0.29) is 24.3 Å². The van der Waals surface area contributed by atoms with Crippen LogP contribution < -0.4 is 14.8 Å². The predicted octanol–water partition coefficient (Wildman–Crippen LogP) is 3.50. The molecule has 1 aromatic heterocycles. The molecule has 2 aromatic rings. The molecule has 0 spiro atoms. The summed E-state index contributed by atoms with van der Waals surface area (Å²) in [7, 11) is 3.23. The van der Waals surface area contributed by atoms with Crippen LogP contribution in [0.3, 0.4) is 0 Å². The summed E-state index contributed by atoms with van der Waals surface area (Å²) >= 11 is 0. The Morgan fingerprint density at radius 2 is 2.07 bits per heavy atom. The minimum Gasteiger partial charge on any atom is -0.497 e. The zero-order valence-electron chi connectivity index (χ0n) is 17.0. The number of hydrogen-bond donors (Lipinski definition) is 1. The minimum atomic E-state index is -4.35. The fourth-order valence-corrected chi connectivity index (χ4v) is 4.52. The van der Waals surface area contributed by atoms with Crippen LogP contribution in [0, 0.1) is 5.92 Å². The molecule has 0 radical (unpaired) electrons. The highest BCUT2D eigenvalue weighted by Gasteiger charge is 2.48. The molecule has 7 nitrogen and oxygen atoms in total. The second-order valence-corrected chi connectivity index (χ2v) is 7.89.